The summed E-state index contributed by atoms with van der Waals surface area (Å²) in [6, 6.07) is 0. The zero-order valence-electron chi connectivity index (χ0n) is 16.0. The zero-order valence-corrected chi connectivity index (χ0v) is 18.4. The summed E-state index contributed by atoms with van der Waals surface area (Å²) in [7, 11) is -1.58. The summed E-state index contributed by atoms with van der Waals surface area (Å²) in [6.07, 6.45) is 14.8. The van der Waals surface area contributed by atoms with E-state index in [4.69, 9.17) is 23.2 Å². The van der Waals surface area contributed by atoms with E-state index in [1.807, 2.05) is 0 Å². The van der Waals surface area contributed by atoms with E-state index in [9.17, 15) is 9.36 Å². The first-order chi connectivity index (χ1) is 11.8. The smallest absolute Gasteiger partial charge is 0.306 e. The van der Waals surface area contributed by atoms with Crippen LogP contribution in [0.5, 0.6) is 0 Å². The van der Waals surface area contributed by atoms with Crippen molar-refractivity contribution in [2.24, 2.45) is 0 Å². The van der Waals surface area contributed by atoms with Crippen LogP contribution >= 0.6 is 30.8 Å². The van der Waals surface area contributed by atoms with E-state index in [0.29, 0.717) is 6.42 Å². The molecule has 0 amide bonds. The van der Waals surface area contributed by atoms with Crippen molar-refractivity contribution in [2.75, 3.05) is 14.2 Å². The van der Waals surface area contributed by atoms with E-state index in [0.717, 1.165) is 27.1 Å². The maximum atomic E-state index is 12.1. The molecule has 7 heteroatoms. The standard InChI is InChI=1S/C18H35Cl2O4P/c1-4-5-6-7-8-9-10-11-12-13-14-15-16-18(19,20)17(21)25(22,23-2)24-3/h4-16H2,1-3H3. The van der Waals surface area contributed by atoms with E-state index in [-0.39, 0.29) is 6.42 Å². The lowest BCUT2D eigenvalue weighted by molar-refractivity contribution is -0.114. The van der Waals surface area contributed by atoms with E-state index in [2.05, 4.69) is 16.0 Å². The minimum absolute atomic E-state index is 0.253. The number of alkyl halides is 2. The lowest BCUT2D eigenvalue weighted by Crippen LogP contribution is -2.27. The maximum absolute atomic E-state index is 12.1. The number of carbonyl (C=O) groups is 1. The molecule has 0 bridgehead atoms. The molecule has 4 nitrogen and oxygen atoms in total. The van der Waals surface area contributed by atoms with Crippen LogP contribution in [-0.2, 0) is 18.4 Å². The molecular formula is C18H35Cl2O4P. The number of unbranched alkanes of at least 4 members (excludes halogenated alkanes) is 11. The number of halogens is 2. The second kappa shape index (κ2) is 14.5. The molecule has 0 aliphatic carbocycles. The van der Waals surface area contributed by atoms with E-state index in [1.165, 1.54) is 57.8 Å². The van der Waals surface area contributed by atoms with E-state index < -0.39 is 17.5 Å². The summed E-state index contributed by atoms with van der Waals surface area (Å²) >= 11 is 12.1. The highest BCUT2D eigenvalue weighted by atomic mass is 35.5. The van der Waals surface area contributed by atoms with Gasteiger partial charge in [0.05, 0.1) is 0 Å². The van der Waals surface area contributed by atoms with Gasteiger partial charge in [-0.2, -0.15) is 0 Å². The van der Waals surface area contributed by atoms with Crippen LogP contribution in [0.25, 0.3) is 0 Å². The largest absolute Gasteiger partial charge is 0.399 e. The van der Waals surface area contributed by atoms with Crippen LogP contribution in [0, 0.1) is 0 Å². The van der Waals surface area contributed by atoms with Crippen LogP contribution in [0.3, 0.4) is 0 Å². The number of hydrogen-bond donors (Lipinski definition) is 0. The number of carbonyl (C=O) groups excluding carboxylic acids is 1. The Balaban J connectivity index is 3.73. The quantitative estimate of drug-likeness (QED) is 0.142. The van der Waals surface area contributed by atoms with Gasteiger partial charge < -0.3 is 9.05 Å². The Bertz CT molecular complexity index is 395. The van der Waals surface area contributed by atoms with Crippen LogP contribution in [0.15, 0.2) is 0 Å². The van der Waals surface area contributed by atoms with E-state index >= 15 is 0 Å². The van der Waals surface area contributed by atoms with Crippen molar-refractivity contribution < 1.29 is 18.4 Å². The van der Waals surface area contributed by atoms with Gasteiger partial charge in [-0.25, -0.2) is 0 Å². The highest BCUT2D eigenvalue weighted by Gasteiger charge is 2.47. The van der Waals surface area contributed by atoms with Gasteiger partial charge >= 0.3 is 7.60 Å². The summed E-state index contributed by atoms with van der Waals surface area (Å²) in [6.45, 7) is 2.24. The topological polar surface area (TPSA) is 52.6 Å². The van der Waals surface area contributed by atoms with Gasteiger partial charge in [-0.15, -0.1) is 0 Å². The molecule has 0 aliphatic rings. The molecule has 0 aromatic carbocycles. The zero-order chi connectivity index (χ0) is 19.2. The van der Waals surface area contributed by atoms with Crippen molar-refractivity contribution >= 4 is 36.3 Å². The van der Waals surface area contributed by atoms with Gasteiger partial charge in [0.1, 0.15) is 0 Å². The van der Waals surface area contributed by atoms with Gasteiger partial charge in [0, 0.05) is 14.2 Å². The Morgan fingerprint density at radius 2 is 1.16 bits per heavy atom. The minimum Gasteiger partial charge on any atom is -0.306 e. The molecular weight excluding hydrogens is 382 g/mol. The van der Waals surface area contributed by atoms with Crippen LogP contribution in [-0.4, -0.2) is 24.1 Å². The third-order valence-electron chi connectivity index (χ3n) is 4.39. The highest BCUT2D eigenvalue weighted by Crippen LogP contribution is 2.54. The fourth-order valence-electron chi connectivity index (χ4n) is 2.74. The number of hydrogen-bond acceptors (Lipinski definition) is 4. The molecule has 0 N–H and O–H groups in total. The Kier molecular flexibility index (Phi) is 14.7. The molecule has 0 spiro atoms. The Labute approximate surface area is 163 Å². The fourth-order valence-corrected chi connectivity index (χ4v) is 4.62. The molecule has 0 unspecified atom stereocenters. The van der Waals surface area contributed by atoms with Crippen molar-refractivity contribution in [1.29, 1.82) is 0 Å². The van der Waals surface area contributed by atoms with Crippen molar-refractivity contribution in [3.05, 3.63) is 0 Å². The van der Waals surface area contributed by atoms with Crippen molar-refractivity contribution in [3.8, 4) is 0 Å². The van der Waals surface area contributed by atoms with Gasteiger partial charge in [0.25, 0.3) is 5.52 Å². The Morgan fingerprint density at radius 3 is 1.52 bits per heavy atom. The monoisotopic (exact) mass is 416 g/mol. The second-order valence-corrected chi connectivity index (χ2v) is 10.1. The normalized spacial score (nSPS) is 12.5. The summed E-state index contributed by atoms with van der Waals surface area (Å²) in [5.74, 6) is 0. The SMILES string of the molecule is CCCCCCCCCCCCCCC(Cl)(Cl)C(=O)P(=O)(OC)OC. The van der Waals surface area contributed by atoms with Crippen LogP contribution in [0.1, 0.15) is 90.4 Å². The van der Waals surface area contributed by atoms with E-state index in [1.54, 1.807) is 0 Å². The minimum atomic E-state index is -3.88. The fraction of sp³-hybridized carbons (Fsp3) is 0.944. The Hall–Kier alpha value is 0.400. The molecule has 0 aliphatic heterocycles. The van der Waals surface area contributed by atoms with Crippen molar-refractivity contribution in [2.45, 2.75) is 94.7 Å². The molecule has 150 valence electrons. The molecule has 0 fully saturated rings. The second-order valence-electron chi connectivity index (χ2n) is 6.51. The van der Waals surface area contributed by atoms with Crippen molar-refractivity contribution in [1.82, 2.24) is 0 Å². The third kappa shape index (κ3) is 11.0. The molecule has 0 saturated heterocycles. The highest BCUT2D eigenvalue weighted by molar-refractivity contribution is 7.72. The number of rotatable bonds is 17. The lowest BCUT2D eigenvalue weighted by atomic mass is 10.0. The summed E-state index contributed by atoms with van der Waals surface area (Å²) < 4.78 is 19.7. The molecule has 0 radical (unpaired) electrons. The average molecular weight is 417 g/mol. The van der Waals surface area contributed by atoms with Crippen LogP contribution in [0.2, 0.25) is 0 Å². The first-order valence-electron chi connectivity index (χ1n) is 9.48. The van der Waals surface area contributed by atoms with Gasteiger partial charge in [0.2, 0.25) is 0 Å². The van der Waals surface area contributed by atoms with Crippen LogP contribution in [0.4, 0.5) is 0 Å². The lowest BCUT2D eigenvalue weighted by Gasteiger charge is -2.21. The summed E-state index contributed by atoms with van der Waals surface area (Å²) in [5.41, 5.74) is -0.878. The summed E-state index contributed by atoms with van der Waals surface area (Å²) in [5, 5.41) is 0. The van der Waals surface area contributed by atoms with Gasteiger partial charge in [-0.05, 0) is 12.8 Å². The predicted octanol–water partition coefficient (Wildman–Crippen LogP) is 7.26. The first kappa shape index (κ1) is 25.4. The first-order valence-corrected chi connectivity index (χ1v) is 11.8. The molecule has 0 rings (SSSR count). The Morgan fingerprint density at radius 1 is 0.800 bits per heavy atom. The molecule has 0 heterocycles. The van der Waals surface area contributed by atoms with Gasteiger partial charge in [-0.1, -0.05) is 101 Å². The average Bonchev–Trinajstić information content (AvgIpc) is 2.61. The van der Waals surface area contributed by atoms with Gasteiger partial charge in [0.15, 0.2) is 4.33 Å². The van der Waals surface area contributed by atoms with Crippen LogP contribution < -0.4 is 0 Å². The van der Waals surface area contributed by atoms with Crippen molar-refractivity contribution in [3.63, 3.8) is 0 Å². The molecule has 0 atom stereocenters. The molecule has 0 aromatic heterocycles. The predicted molar refractivity (Wildman–Crippen MR) is 107 cm³/mol. The molecule has 25 heavy (non-hydrogen) atoms. The third-order valence-corrected chi connectivity index (χ3v) is 7.21. The summed E-state index contributed by atoms with van der Waals surface area (Å²) in [4.78, 5) is 12.1. The maximum Gasteiger partial charge on any atom is 0.399 e. The van der Waals surface area contributed by atoms with Gasteiger partial charge in [-0.3, -0.25) is 9.36 Å². The molecule has 0 saturated carbocycles. The molecule has 0 aromatic rings.